The minimum absolute atomic E-state index is 0.0861. The lowest BCUT2D eigenvalue weighted by molar-refractivity contribution is 0.494. The zero-order chi connectivity index (χ0) is 14.4. The van der Waals surface area contributed by atoms with Gasteiger partial charge in [-0.2, -0.15) is 0 Å². The van der Waals surface area contributed by atoms with Crippen LogP contribution < -0.4 is 0 Å². The van der Waals surface area contributed by atoms with Crippen LogP contribution in [-0.4, -0.2) is 14.5 Å². The monoisotopic (exact) mass is 287 g/mol. The highest BCUT2D eigenvalue weighted by molar-refractivity contribution is 7.71. The number of fused-ring (bicyclic) bond motifs is 1. The summed E-state index contributed by atoms with van der Waals surface area (Å²) >= 11 is 5.48. The van der Waals surface area contributed by atoms with E-state index in [2.05, 4.69) is 34.4 Å². The van der Waals surface area contributed by atoms with E-state index in [1.165, 1.54) is 0 Å². The molecule has 3 heterocycles. The summed E-state index contributed by atoms with van der Waals surface area (Å²) in [6, 6.07) is 4.13. The largest absolute Gasteiger partial charge is 0.466 e. The second-order valence-corrected chi connectivity index (χ2v) is 5.56. The van der Waals surface area contributed by atoms with Crippen LogP contribution in [-0.2, 0) is 0 Å². The number of pyridine rings is 1. The SMILES string of the molecule is Cc1cc(C(C)n2c(=S)[nH]c3c(C)ccnc32)c(C)o1. The Kier molecular flexibility index (Phi) is 3.01. The van der Waals surface area contributed by atoms with E-state index in [4.69, 9.17) is 16.6 Å². The Morgan fingerprint density at radius 1 is 1.35 bits per heavy atom. The van der Waals surface area contributed by atoms with Crippen molar-refractivity contribution in [1.29, 1.82) is 0 Å². The Bertz CT molecular complexity index is 841. The predicted molar refractivity (Wildman–Crippen MR) is 81.6 cm³/mol. The summed E-state index contributed by atoms with van der Waals surface area (Å²) in [5.74, 6) is 1.85. The van der Waals surface area contributed by atoms with Gasteiger partial charge in [0.1, 0.15) is 11.5 Å². The standard InChI is InChI=1S/C15H17N3OS/c1-8-5-6-16-14-13(8)17-15(20)18(14)10(3)12-7-9(2)19-11(12)4/h5-7,10H,1-4H3,(H,17,20). The third kappa shape index (κ3) is 1.89. The van der Waals surface area contributed by atoms with Gasteiger partial charge in [-0.15, -0.1) is 0 Å². The molecule has 0 aliphatic carbocycles. The maximum Gasteiger partial charge on any atom is 0.179 e. The van der Waals surface area contributed by atoms with Crippen LogP contribution in [0, 0.1) is 25.5 Å². The fourth-order valence-electron chi connectivity index (χ4n) is 2.71. The fraction of sp³-hybridized carbons (Fsp3) is 0.333. The molecule has 104 valence electrons. The lowest BCUT2D eigenvalue weighted by Gasteiger charge is -2.13. The van der Waals surface area contributed by atoms with Crippen molar-refractivity contribution >= 4 is 23.4 Å². The zero-order valence-electron chi connectivity index (χ0n) is 12.0. The Labute approximate surface area is 122 Å². The van der Waals surface area contributed by atoms with Gasteiger partial charge in [0.2, 0.25) is 0 Å². The number of H-pyrrole nitrogens is 1. The highest BCUT2D eigenvalue weighted by Crippen LogP contribution is 2.28. The van der Waals surface area contributed by atoms with Gasteiger partial charge < -0.3 is 9.40 Å². The smallest absolute Gasteiger partial charge is 0.179 e. The summed E-state index contributed by atoms with van der Waals surface area (Å²) in [5.41, 5.74) is 4.18. The Morgan fingerprint density at radius 3 is 2.75 bits per heavy atom. The predicted octanol–water partition coefficient (Wildman–Crippen LogP) is 4.22. The van der Waals surface area contributed by atoms with Gasteiger partial charge in [0.05, 0.1) is 11.6 Å². The Hall–Kier alpha value is -1.88. The average Bonchev–Trinajstić information content (AvgIpc) is 2.89. The molecule has 4 nitrogen and oxygen atoms in total. The molecule has 3 rings (SSSR count). The fourth-order valence-corrected chi connectivity index (χ4v) is 3.05. The highest BCUT2D eigenvalue weighted by Gasteiger charge is 2.18. The molecule has 5 heteroatoms. The number of imidazole rings is 1. The van der Waals surface area contributed by atoms with E-state index in [9.17, 15) is 0 Å². The van der Waals surface area contributed by atoms with Gasteiger partial charge in [0, 0.05) is 11.8 Å². The molecule has 0 aliphatic rings. The van der Waals surface area contributed by atoms with E-state index in [1.54, 1.807) is 0 Å². The Morgan fingerprint density at radius 2 is 2.10 bits per heavy atom. The number of nitrogens with one attached hydrogen (secondary N) is 1. The van der Waals surface area contributed by atoms with Crippen molar-refractivity contribution in [3.05, 3.63) is 45.7 Å². The minimum Gasteiger partial charge on any atom is -0.466 e. The molecular formula is C15H17N3OS. The summed E-state index contributed by atoms with van der Waals surface area (Å²) in [5, 5.41) is 0. The van der Waals surface area contributed by atoms with E-state index in [0.29, 0.717) is 4.77 Å². The highest BCUT2D eigenvalue weighted by atomic mass is 32.1. The molecule has 0 saturated carbocycles. The number of hydrogen-bond donors (Lipinski definition) is 1. The lowest BCUT2D eigenvalue weighted by Crippen LogP contribution is -2.07. The molecule has 1 unspecified atom stereocenters. The molecule has 0 bridgehead atoms. The second-order valence-electron chi connectivity index (χ2n) is 5.17. The van der Waals surface area contributed by atoms with Crippen LogP contribution in [0.1, 0.15) is 35.6 Å². The van der Waals surface area contributed by atoms with Crippen molar-refractivity contribution in [3.8, 4) is 0 Å². The summed E-state index contributed by atoms with van der Waals surface area (Å²) in [6.45, 7) is 8.11. The first-order valence-electron chi connectivity index (χ1n) is 6.61. The zero-order valence-corrected chi connectivity index (χ0v) is 12.8. The third-order valence-corrected chi connectivity index (χ3v) is 4.03. The van der Waals surface area contributed by atoms with Crippen molar-refractivity contribution in [2.24, 2.45) is 0 Å². The number of aromatic amines is 1. The van der Waals surface area contributed by atoms with Crippen molar-refractivity contribution in [3.63, 3.8) is 0 Å². The molecule has 0 aliphatic heterocycles. The summed E-state index contributed by atoms with van der Waals surface area (Å²) in [7, 11) is 0. The number of rotatable bonds is 2. The third-order valence-electron chi connectivity index (χ3n) is 3.73. The average molecular weight is 287 g/mol. The first-order chi connectivity index (χ1) is 9.49. The van der Waals surface area contributed by atoms with Gasteiger partial charge in [-0.05, 0) is 57.6 Å². The van der Waals surface area contributed by atoms with Gasteiger partial charge in [0.25, 0.3) is 0 Å². The van der Waals surface area contributed by atoms with Crippen LogP contribution in [0.3, 0.4) is 0 Å². The molecular weight excluding hydrogens is 270 g/mol. The molecule has 1 N–H and O–H groups in total. The van der Waals surface area contributed by atoms with Gasteiger partial charge >= 0.3 is 0 Å². The molecule has 0 amide bonds. The van der Waals surface area contributed by atoms with Crippen LogP contribution in [0.15, 0.2) is 22.7 Å². The number of hydrogen-bond acceptors (Lipinski definition) is 3. The maximum absolute atomic E-state index is 5.63. The molecule has 0 spiro atoms. The molecule has 3 aromatic heterocycles. The topological polar surface area (TPSA) is 46.8 Å². The normalized spacial score (nSPS) is 13.0. The van der Waals surface area contributed by atoms with E-state index in [1.807, 2.05) is 26.1 Å². The van der Waals surface area contributed by atoms with Crippen molar-refractivity contribution in [2.75, 3.05) is 0 Å². The quantitative estimate of drug-likeness (QED) is 0.718. The van der Waals surface area contributed by atoms with Crippen LogP contribution >= 0.6 is 12.2 Å². The summed E-state index contributed by atoms with van der Waals surface area (Å²) < 4.78 is 8.37. The summed E-state index contributed by atoms with van der Waals surface area (Å²) in [6.07, 6.45) is 1.82. The molecule has 0 radical (unpaired) electrons. The number of nitrogens with zero attached hydrogens (tertiary/aromatic N) is 2. The van der Waals surface area contributed by atoms with Gasteiger partial charge in [0.15, 0.2) is 10.4 Å². The molecule has 1 atom stereocenters. The van der Waals surface area contributed by atoms with Crippen LogP contribution in [0.4, 0.5) is 0 Å². The van der Waals surface area contributed by atoms with Gasteiger partial charge in [-0.3, -0.25) is 4.57 Å². The molecule has 0 fully saturated rings. The van der Waals surface area contributed by atoms with Gasteiger partial charge in [-0.1, -0.05) is 0 Å². The van der Waals surface area contributed by atoms with Crippen molar-refractivity contribution in [1.82, 2.24) is 14.5 Å². The second kappa shape index (κ2) is 4.59. The lowest BCUT2D eigenvalue weighted by atomic mass is 10.1. The van der Waals surface area contributed by atoms with Gasteiger partial charge in [-0.25, -0.2) is 4.98 Å². The minimum atomic E-state index is 0.0861. The van der Waals surface area contributed by atoms with Crippen LogP contribution in [0.5, 0.6) is 0 Å². The van der Waals surface area contributed by atoms with Crippen LogP contribution in [0.2, 0.25) is 0 Å². The molecule has 0 aromatic carbocycles. The first-order valence-corrected chi connectivity index (χ1v) is 7.02. The number of furan rings is 1. The van der Waals surface area contributed by atoms with E-state index >= 15 is 0 Å². The van der Waals surface area contributed by atoms with Crippen molar-refractivity contribution < 1.29 is 4.42 Å². The van der Waals surface area contributed by atoms with Crippen LogP contribution in [0.25, 0.3) is 11.2 Å². The maximum atomic E-state index is 5.63. The Balaban J connectivity index is 2.24. The molecule has 3 aromatic rings. The van der Waals surface area contributed by atoms with E-state index in [0.717, 1.165) is 33.8 Å². The van der Waals surface area contributed by atoms with Crippen molar-refractivity contribution in [2.45, 2.75) is 33.7 Å². The molecule has 20 heavy (non-hydrogen) atoms. The van der Waals surface area contributed by atoms with E-state index < -0.39 is 0 Å². The summed E-state index contributed by atoms with van der Waals surface area (Å²) in [4.78, 5) is 7.74. The molecule has 0 saturated heterocycles. The first kappa shape index (κ1) is 13.1. The number of aryl methyl sites for hydroxylation is 3. The number of aromatic nitrogens is 3. The van der Waals surface area contributed by atoms with E-state index in [-0.39, 0.29) is 6.04 Å².